The molecule has 1 heterocycles. The van der Waals surface area contributed by atoms with Gasteiger partial charge in [-0.1, -0.05) is 69.3 Å². The second-order valence-corrected chi connectivity index (χ2v) is 7.81. The first kappa shape index (κ1) is 19.5. The molecule has 5 nitrogen and oxygen atoms in total. The fourth-order valence-corrected chi connectivity index (χ4v) is 2.97. The van der Waals surface area contributed by atoms with E-state index in [1.807, 2.05) is 61.5 Å². The molecule has 0 unspecified atom stereocenters. The van der Waals surface area contributed by atoms with E-state index in [1.54, 1.807) is 6.07 Å². The molecule has 3 aromatic rings. The maximum atomic E-state index is 12.8. The molecule has 0 spiro atoms. The summed E-state index contributed by atoms with van der Waals surface area (Å²) in [5.74, 6) is 0.197. The van der Waals surface area contributed by atoms with Crippen molar-refractivity contribution in [2.24, 2.45) is 0 Å². The van der Waals surface area contributed by atoms with E-state index in [1.165, 1.54) is 0 Å². The van der Waals surface area contributed by atoms with E-state index in [9.17, 15) is 4.79 Å². The number of aromatic nitrogens is 2. The first-order chi connectivity index (χ1) is 13.3. The van der Waals surface area contributed by atoms with E-state index in [0.29, 0.717) is 18.2 Å². The van der Waals surface area contributed by atoms with Gasteiger partial charge in [0.15, 0.2) is 0 Å². The summed E-state index contributed by atoms with van der Waals surface area (Å²) in [6, 6.07) is 19.6. The molecule has 144 valence electrons. The van der Waals surface area contributed by atoms with Gasteiger partial charge in [-0.25, -0.2) is 9.97 Å². The van der Waals surface area contributed by atoms with Crippen LogP contribution in [0.25, 0.3) is 0 Å². The van der Waals surface area contributed by atoms with Gasteiger partial charge in [-0.15, -0.1) is 0 Å². The van der Waals surface area contributed by atoms with Crippen molar-refractivity contribution in [3.05, 3.63) is 83.2 Å². The third-order valence-electron chi connectivity index (χ3n) is 4.36. The van der Waals surface area contributed by atoms with Gasteiger partial charge in [0.2, 0.25) is 5.95 Å². The fraction of sp³-hybridized carbons (Fsp3) is 0.261. The average molecular weight is 374 g/mol. The zero-order chi connectivity index (χ0) is 20.1. The zero-order valence-electron chi connectivity index (χ0n) is 16.8. The van der Waals surface area contributed by atoms with Gasteiger partial charge in [0.1, 0.15) is 5.69 Å². The number of aryl methyl sites for hydroxylation is 1. The van der Waals surface area contributed by atoms with Gasteiger partial charge in [0, 0.05) is 17.9 Å². The molecule has 5 heteroatoms. The number of hydrogen-bond donors (Lipinski definition) is 2. The highest BCUT2D eigenvalue weighted by Gasteiger charge is 2.19. The van der Waals surface area contributed by atoms with Crippen LogP contribution in [0.5, 0.6) is 0 Å². The number of amides is 1. The summed E-state index contributed by atoms with van der Waals surface area (Å²) in [5.41, 5.74) is 4.00. The van der Waals surface area contributed by atoms with Crippen LogP contribution in [-0.2, 0) is 12.0 Å². The van der Waals surface area contributed by atoms with E-state index >= 15 is 0 Å². The quantitative estimate of drug-likeness (QED) is 0.663. The Balaban J connectivity index is 1.78. The van der Waals surface area contributed by atoms with Gasteiger partial charge in [-0.3, -0.25) is 4.79 Å². The molecule has 0 aliphatic heterocycles. The summed E-state index contributed by atoms with van der Waals surface area (Å²) in [7, 11) is 0. The molecule has 0 bridgehead atoms. The van der Waals surface area contributed by atoms with Crippen LogP contribution in [-0.4, -0.2) is 15.9 Å². The molecule has 0 fully saturated rings. The lowest BCUT2D eigenvalue weighted by Gasteiger charge is -2.23. The van der Waals surface area contributed by atoms with Crippen molar-refractivity contribution in [3.8, 4) is 0 Å². The Labute approximate surface area is 166 Å². The van der Waals surface area contributed by atoms with Gasteiger partial charge < -0.3 is 10.6 Å². The summed E-state index contributed by atoms with van der Waals surface area (Å²) in [6.07, 6.45) is 0. The predicted molar refractivity (Wildman–Crippen MR) is 114 cm³/mol. The molecular weight excluding hydrogens is 348 g/mol. The lowest BCUT2D eigenvalue weighted by Crippen LogP contribution is -2.20. The molecule has 0 aliphatic carbocycles. The summed E-state index contributed by atoms with van der Waals surface area (Å²) in [5, 5.41) is 6.20. The van der Waals surface area contributed by atoms with Crippen LogP contribution in [0.4, 0.5) is 11.6 Å². The van der Waals surface area contributed by atoms with Gasteiger partial charge in [-0.2, -0.15) is 0 Å². The Hall–Kier alpha value is -3.21. The Morgan fingerprint density at radius 2 is 1.64 bits per heavy atom. The number of carbonyl (C=O) groups excluding carboxylic acids is 1. The fourth-order valence-electron chi connectivity index (χ4n) is 2.97. The molecule has 1 amide bonds. The predicted octanol–water partition coefficient (Wildman–Crippen LogP) is 4.95. The summed E-state index contributed by atoms with van der Waals surface area (Å²) in [6.45, 7) is 8.82. The van der Waals surface area contributed by atoms with Crippen LogP contribution in [0.1, 0.15) is 48.1 Å². The SMILES string of the molecule is Cc1cc(C(=O)Nc2ccccc2C(C)(C)C)nc(NCc2ccccc2)n1. The van der Waals surface area contributed by atoms with Crippen molar-refractivity contribution in [1.82, 2.24) is 9.97 Å². The molecule has 3 rings (SSSR count). The van der Waals surface area contributed by atoms with E-state index in [2.05, 4.69) is 41.4 Å². The molecule has 0 aliphatic rings. The van der Waals surface area contributed by atoms with Crippen LogP contribution < -0.4 is 10.6 Å². The van der Waals surface area contributed by atoms with Crippen LogP contribution in [0, 0.1) is 6.92 Å². The maximum absolute atomic E-state index is 12.8. The lowest BCUT2D eigenvalue weighted by atomic mass is 9.86. The van der Waals surface area contributed by atoms with Gasteiger partial charge in [-0.05, 0) is 35.6 Å². The standard InChI is InChI=1S/C23H26N4O/c1-16-14-20(27-22(25-16)24-15-17-10-6-5-7-11-17)21(28)26-19-13-9-8-12-18(19)23(2,3)4/h5-14H,15H2,1-4H3,(H,26,28)(H,24,25,27). The third kappa shape index (κ3) is 4.94. The minimum Gasteiger partial charge on any atom is -0.350 e. The Morgan fingerprint density at radius 3 is 2.36 bits per heavy atom. The number of benzene rings is 2. The molecule has 0 atom stereocenters. The maximum Gasteiger partial charge on any atom is 0.274 e. The van der Waals surface area contributed by atoms with Gasteiger partial charge in [0.25, 0.3) is 5.91 Å². The average Bonchev–Trinajstić information content (AvgIpc) is 2.66. The first-order valence-electron chi connectivity index (χ1n) is 9.37. The molecule has 2 N–H and O–H groups in total. The molecule has 0 radical (unpaired) electrons. The van der Waals surface area contributed by atoms with Crippen LogP contribution in [0.15, 0.2) is 60.7 Å². The normalized spacial score (nSPS) is 11.1. The molecule has 0 saturated carbocycles. The van der Waals surface area contributed by atoms with Crippen molar-refractivity contribution in [2.75, 3.05) is 10.6 Å². The van der Waals surface area contributed by atoms with E-state index in [-0.39, 0.29) is 11.3 Å². The summed E-state index contributed by atoms with van der Waals surface area (Å²) >= 11 is 0. The van der Waals surface area contributed by atoms with Crippen LogP contribution in [0.2, 0.25) is 0 Å². The van der Waals surface area contributed by atoms with Crippen molar-refractivity contribution < 1.29 is 4.79 Å². The number of para-hydroxylation sites is 1. The third-order valence-corrected chi connectivity index (χ3v) is 4.36. The number of nitrogens with zero attached hydrogens (tertiary/aromatic N) is 2. The molecule has 0 saturated heterocycles. The summed E-state index contributed by atoms with van der Waals surface area (Å²) < 4.78 is 0. The monoisotopic (exact) mass is 374 g/mol. The van der Waals surface area contributed by atoms with Gasteiger partial charge in [0.05, 0.1) is 0 Å². The van der Waals surface area contributed by atoms with Crippen molar-refractivity contribution in [3.63, 3.8) is 0 Å². The number of anilines is 2. The van der Waals surface area contributed by atoms with Gasteiger partial charge >= 0.3 is 0 Å². The molecule has 2 aromatic carbocycles. The largest absolute Gasteiger partial charge is 0.350 e. The Kier molecular flexibility index (Phi) is 5.73. The molecular formula is C23H26N4O. The number of hydrogen-bond acceptors (Lipinski definition) is 4. The highest BCUT2D eigenvalue weighted by atomic mass is 16.1. The first-order valence-corrected chi connectivity index (χ1v) is 9.37. The second-order valence-electron chi connectivity index (χ2n) is 7.81. The highest BCUT2D eigenvalue weighted by molar-refractivity contribution is 6.03. The van der Waals surface area contributed by atoms with Crippen molar-refractivity contribution in [2.45, 2.75) is 39.7 Å². The number of nitrogens with one attached hydrogen (secondary N) is 2. The molecule has 1 aromatic heterocycles. The minimum absolute atomic E-state index is 0.0755. The van der Waals surface area contributed by atoms with E-state index in [0.717, 1.165) is 22.5 Å². The zero-order valence-corrected chi connectivity index (χ0v) is 16.8. The smallest absolute Gasteiger partial charge is 0.274 e. The second kappa shape index (κ2) is 8.21. The van der Waals surface area contributed by atoms with E-state index < -0.39 is 0 Å². The van der Waals surface area contributed by atoms with Crippen LogP contribution >= 0.6 is 0 Å². The van der Waals surface area contributed by atoms with E-state index in [4.69, 9.17) is 0 Å². The van der Waals surface area contributed by atoms with Crippen LogP contribution in [0.3, 0.4) is 0 Å². The summed E-state index contributed by atoms with van der Waals surface area (Å²) in [4.78, 5) is 21.6. The van der Waals surface area contributed by atoms with Crippen molar-refractivity contribution >= 4 is 17.5 Å². The topological polar surface area (TPSA) is 66.9 Å². The Bertz CT molecular complexity index is 962. The lowest BCUT2D eigenvalue weighted by molar-refractivity contribution is 0.102. The molecule has 28 heavy (non-hydrogen) atoms. The Morgan fingerprint density at radius 1 is 0.964 bits per heavy atom. The minimum atomic E-state index is -0.245. The van der Waals surface area contributed by atoms with Crippen molar-refractivity contribution in [1.29, 1.82) is 0 Å². The highest BCUT2D eigenvalue weighted by Crippen LogP contribution is 2.29. The number of carbonyl (C=O) groups is 1. The number of rotatable bonds is 5.